The van der Waals surface area contributed by atoms with Gasteiger partial charge in [0.05, 0.1) is 0 Å². The van der Waals surface area contributed by atoms with Gasteiger partial charge in [-0.3, -0.25) is 0 Å². The van der Waals surface area contributed by atoms with Crippen molar-refractivity contribution in [2.24, 2.45) is 17.2 Å². The van der Waals surface area contributed by atoms with Crippen molar-refractivity contribution >= 4 is 0 Å². The number of nitrogens with two attached hydrogens (primary N) is 3. The molecule has 4 nitrogen and oxygen atoms in total. The van der Waals surface area contributed by atoms with Crippen LogP contribution < -0.4 is 17.2 Å². The second-order valence-corrected chi connectivity index (χ2v) is 4.20. The van der Waals surface area contributed by atoms with Crippen molar-refractivity contribution in [3.8, 4) is 5.75 Å². The molecule has 0 saturated heterocycles. The number of rotatable bonds is 7. The van der Waals surface area contributed by atoms with E-state index in [2.05, 4.69) is 0 Å². The number of aromatic hydroxyl groups is 1. The Labute approximate surface area is 110 Å². The fourth-order valence-corrected chi connectivity index (χ4v) is 1.47. The van der Waals surface area contributed by atoms with Crippen molar-refractivity contribution in [2.45, 2.75) is 32.1 Å². The molecular formula is C14H27N3O. The maximum atomic E-state index is 8.89. The van der Waals surface area contributed by atoms with Gasteiger partial charge in [0.2, 0.25) is 0 Å². The Morgan fingerprint density at radius 3 is 1.61 bits per heavy atom. The molecule has 104 valence electrons. The van der Waals surface area contributed by atoms with Crippen molar-refractivity contribution in [1.82, 2.24) is 0 Å². The maximum absolute atomic E-state index is 8.89. The van der Waals surface area contributed by atoms with Gasteiger partial charge < -0.3 is 22.3 Å². The van der Waals surface area contributed by atoms with E-state index in [0.717, 1.165) is 32.4 Å². The van der Waals surface area contributed by atoms with Crippen LogP contribution in [0.1, 0.15) is 31.2 Å². The van der Waals surface area contributed by atoms with Crippen LogP contribution in [0.2, 0.25) is 0 Å². The van der Waals surface area contributed by atoms with Crippen LogP contribution in [0.15, 0.2) is 24.3 Å². The molecule has 0 radical (unpaired) electrons. The third-order valence-electron chi connectivity index (χ3n) is 2.53. The second-order valence-electron chi connectivity index (χ2n) is 4.20. The average Bonchev–Trinajstić information content (AvgIpc) is 2.39. The summed E-state index contributed by atoms with van der Waals surface area (Å²) in [7, 11) is 0. The zero-order valence-corrected chi connectivity index (χ0v) is 11.1. The Balaban J connectivity index is 0.000000331. The SMILES string of the molecule is NCCCCCCN.NCCc1ccc(O)cc1. The Morgan fingerprint density at radius 2 is 1.22 bits per heavy atom. The normalized spacial score (nSPS) is 9.72. The molecule has 4 heteroatoms. The topological polar surface area (TPSA) is 98.3 Å². The summed E-state index contributed by atoms with van der Waals surface area (Å²) in [5.41, 5.74) is 17.1. The van der Waals surface area contributed by atoms with Gasteiger partial charge >= 0.3 is 0 Å². The highest BCUT2D eigenvalue weighted by Crippen LogP contribution is 2.09. The summed E-state index contributed by atoms with van der Waals surface area (Å²) in [5.74, 6) is 0.306. The first-order chi connectivity index (χ1) is 8.74. The number of unbranched alkanes of at least 4 members (excludes halogenated alkanes) is 3. The van der Waals surface area contributed by atoms with Crippen LogP contribution >= 0.6 is 0 Å². The number of hydrogen-bond acceptors (Lipinski definition) is 4. The first-order valence-corrected chi connectivity index (χ1v) is 6.62. The van der Waals surface area contributed by atoms with E-state index in [1.54, 1.807) is 12.1 Å². The van der Waals surface area contributed by atoms with E-state index in [9.17, 15) is 0 Å². The van der Waals surface area contributed by atoms with Gasteiger partial charge in [-0.15, -0.1) is 0 Å². The van der Waals surface area contributed by atoms with Crippen molar-refractivity contribution in [1.29, 1.82) is 0 Å². The summed E-state index contributed by atoms with van der Waals surface area (Å²) in [6.45, 7) is 2.31. The molecule has 0 bridgehead atoms. The van der Waals surface area contributed by atoms with Gasteiger partial charge in [-0.25, -0.2) is 0 Å². The van der Waals surface area contributed by atoms with E-state index in [-0.39, 0.29) is 0 Å². The molecule has 0 spiro atoms. The van der Waals surface area contributed by atoms with E-state index in [1.165, 1.54) is 18.4 Å². The molecule has 7 N–H and O–H groups in total. The Morgan fingerprint density at radius 1 is 0.722 bits per heavy atom. The van der Waals surface area contributed by atoms with E-state index in [1.807, 2.05) is 12.1 Å². The van der Waals surface area contributed by atoms with Crippen LogP contribution in [0.25, 0.3) is 0 Å². The standard InChI is InChI=1S/C8H11NO.C6H16N2/c9-6-5-7-1-3-8(10)4-2-7;7-5-3-1-2-4-6-8/h1-4,10H,5-6,9H2;1-8H2. The molecular weight excluding hydrogens is 226 g/mol. The molecule has 0 atom stereocenters. The zero-order chi connectivity index (χ0) is 13.6. The highest BCUT2D eigenvalue weighted by molar-refractivity contribution is 5.25. The lowest BCUT2D eigenvalue weighted by atomic mass is 10.1. The quantitative estimate of drug-likeness (QED) is 0.551. The minimum Gasteiger partial charge on any atom is -0.508 e. The first kappa shape index (κ1) is 16.9. The van der Waals surface area contributed by atoms with Gasteiger partial charge in [0.1, 0.15) is 5.75 Å². The lowest BCUT2D eigenvalue weighted by molar-refractivity contribution is 0.475. The minimum absolute atomic E-state index is 0.306. The molecule has 0 fully saturated rings. The van der Waals surface area contributed by atoms with E-state index in [0.29, 0.717) is 12.3 Å². The van der Waals surface area contributed by atoms with Gasteiger partial charge in [0.15, 0.2) is 0 Å². The third kappa shape index (κ3) is 10.1. The molecule has 0 saturated carbocycles. The molecule has 0 aliphatic heterocycles. The van der Waals surface area contributed by atoms with E-state index in [4.69, 9.17) is 22.3 Å². The molecule has 18 heavy (non-hydrogen) atoms. The summed E-state index contributed by atoms with van der Waals surface area (Å²) in [6, 6.07) is 7.10. The monoisotopic (exact) mass is 253 g/mol. The van der Waals surface area contributed by atoms with E-state index < -0.39 is 0 Å². The van der Waals surface area contributed by atoms with Crippen molar-refractivity contribution in [3.05, 3.63) is 29.8 Å². The highest BCUT2D eigenvalue weighted by atomic mass is 16.3. The molecule has 0 unspecified atom stereocenters. The molecule has 1 rings (SSSR count). The smallest absolute Gasteiger partial charge is 0.115 e. The summed E-state index contributed by atoms with van der Waals surface area (Å²) in [6.07, 6.45) is 5.67. The largest absolute Gasteiger partial charge is 0.508 e. The molecule has 0 aliphatic carbocycles. The van der Waals surface area contributed by atoms with Crippen molar-refractivity contribution in [3.63, 3.8) is 0 Å². The van der Waals surface area contributed by atoms with Crippen LogP contribution in [0.4, 0.5) is 0 Å². The first-order valence-electron chi connectivity index (χ1n) is 6.62. The zero-order valence-electron chi connectivity index (χ0n) is 11.1. The number of phenols is 1. The molecule has 1 aromatic carbocycles. The Hall–Kier alpha value is -1.10. The highest BCUT2D eigenvalue weighted by Gasteiger charge is 1.89. The van der Waals surface area contributed by atoms with Crippen molar-refractivity contribution in [2.75, 3.05) is 19.6 Å². The number of benzene rings is 1. The maximum Gasteiger partial charge on any atom is 0.115 e. The summed E-state index contributed by atoms with van der Waals surface area (Å²) >= 11 is 0. The van der Waals surface area contributed by atoms with Gasteiger partial charge in [0.25, 0.3) is 0 Å². The minimum atomic E-state index is 0.306. The summed E-state index contributed by atoms with van der Waals surface area (Å²) in [5, 5.41) is 8.89. The van der Waals surface area contributed by atoms with Crippen molar-refractivity contribution < 1.29 is 5.11 Å². The predicted octanol–water partition coefficient (Wildman–Crippen LogP) is 1.36. The van der Waals surface area contributed by atoms with Crippen LogP contribution in [0, 0.1) is 0 Å². The number of hydrogen-bond donors (Lipinski definition) is 4. The van der Waals surface area contributed by atoms with Crippen LogP contribution in [-0.4, -0.2) is 24.7 Å². The fraction of sp³-hybridized carbons (Fsp3) is 0.571. The van der Waals surface area contributed by atoms with Crippen LogP contribution in [-0.2, 0) is 6.42 Å². The molecule has 1 aromatic rings. The average molecular weight is 253 g/mol. The van der Waals surface area contributed by atoms with Gasteiger partial charge in [-0.1, -0.05) is 25.0 Å². The Bertz CT molecular complexity index is 269. The number of phenolic OH excluding ortho intramolecular Hbond substituents is 1. The fourth-order valence-electron chi connectivity index (χ4n) is 1.47. The van der Waals surface area contributed by atoms with Gasteiger partial charge in [-0.05, 0) is 56.6 Å². The lowest BCUT2D eigenvalue weighted by Crippen LogP contribution is -2.01. The lowest BCUT2D eigenvalue weighted by Gasteiger charge is -1.96. The predicted molar refractivity (Wildman–Crippen MR) is 77.4 cm³/mol. The second kappa shape index (κ2) is 12.4. The molecule has 0 aliphatic rings. The molecule has 0 heterocycles. The van der Waals surface area contributed by atoms with E-state index >= 15 is 0 Å². The van der Waals surface area contributed by atoms with Crippen LogP contribution in [0.5, 0.6) is 5.75 Å². The molecule has 0 aromatic heterocycles. The third-order valence-corrected chi connectivity index (χ3v) is 2.53. The van der Waals surface area contributed by atoms with Gasteiger partial charge in [0, 0.05) is 0 Å². The van der Waals surface area contributed by atoms with Crippen LogP contribution in [0.3, 0.4) is 0 Å². The Kier molecular flexibility index (Phi) is 11.6. The molecule has 0 amide bonds. The summed E-state index contributed by atoms with van der Waals surface area (Å²) < 4.78 is 0. The van der Waals surface area contributed by atoms with Gasteiger partial charge in [-0.2, -0.15) is 0 Å². The summed E-state index contributed by atoms with van der Waals surface area (Å²) in [4.78, 5) is 0.